The number of unbranched alkanes of at least 4 members (excludes halogenated alkanes) is 2. The first-order valence-electron chi connectivity index (χ1n) is 10.7. The van der Waals surface area contributed by atoms with E-state index in [1.54, 1.807) is 11.8 Å². The van der Waals surface area contributed by atoms with Crippen molar-refractivity contribution in [2.45, 2.75) is 38.1 Å². The quantitative estimate of drug-likeness (QED) is 0.572. The zero-order chi connectivity index (χ0) is 21.2. The van der Waals surface area contributed by atoms with E-state index >= 15 is 0 Å². The molecule has 1 fully saturated rings. The summed E-state index contributed by atoms with van der Waals surface area (Å²) in [5.74, 6) is 1.60. The van der Waals surface area contributed by atoms with Crippen molar-refractivity contribution in [2.75, 3.05) is 24.7 Å². The predicted octanol–water partition coefficient (Wildman–Crippen LogP) is 3.43. The number of benzene rings is 2. The van der Waals surface area contributed by atoms with Crippen LogP contribution in [0.2, 0.25) is 0 Å². The first-order valence-corrected chi connectivity index (χ1v) is 11.8. The van der Waals surface area contributed by atoms with E-state index in [0.717, 1.165) is 36.1 Å². The summed E-state index contributed by atoms with van der Waals surface area (Å²) in [5.41, 5.74) is 8.79. The van der Waals surface area contributed by atoms with Gasteiger partial charge in [-0.25, -0.2) is 0 Å². The lowest BCUT2D eigenvalue weighted by molar-refractivity contribution is -0.132. The summed E-state index contributed by atoms with van der Waals surface area (Å²) < 4.78 is 0. The summed E-state index contributed by atoms with van der Waals surface area (Å²) >= 11 is 1.72. The van der Waals surface area contributed by atoms with E-state index in [0.29, 0.717) is 31.8 Å². The van der Waals surface area contributed by atoms with Gasteiger partial charge in [0.2, 0.25) is 11.8 Å². The fourth-order valence-electron chi connectivity index (χ4n) is 3.61. The van der Waals surface area contributed by atoms with E-state index in [4.69, 9.17) is 5.73 Å². The summed E-state index contributed by atoms with van der Waals surface area (Å²) in [7, 11) is 0. The van der Waals surface area contributed by atoms with Crippen LogP contribution in [-0.2, 0) is 16.0 Å². The van der Waals surface area contributed by atoms with E-state index in [9.17, 15) is 9.59 Å². The third-order valence-electron chi connectivity index (χ3n) is 5.34. The number of thioether (sulfide) groups is 1. The van der Waals surface area contributed by atoms with Gasteiger partial charge in [-0.2, -0.15) is 0 Å². The van der Waals surface area contributed by atoms with Gasteiger partial charge in [-0.15, -0.1) is 11.8 Å². The second-order valence-electron chi connectivity index (χ2n) is 7.66. The van der Waals surface area contributed by atoms with Gasteiger partial charge in [0.1, 0.15) is 0 Å². The summed E-state index contributed by atoms with van der Waals surface area (Å²) in [6.45, 7) is 1.37. The molecule has 1 atom stereocenters. The highest BCUT2D eigenvalue weighted by atomic mass is 32.2. The van der Waals surface area contributed by atoms with E-state index < -0.39 is 0 Å². The van der Waals surface area contributed by atoms with Crippen molar-refractivity contribution in [1.82, 2.24) is 10.2 Å². The Morgan fingerprint density at radius 2 is 1.73 bits per heavy atom. The number of nitrogens with zero attached hydrogens (tertiary/aromatic N) is 1. The Kier molecular flexibility index (Phi) is 8.78. The third kappa shape index (κ3) is 6.61. The Morgan fingerprint density at radius 3 is 2.47 bits per heavy atom. The molecule has 3 rings (SSSR count). The monoisotopic (exact) mass is 425 g/mol. The summed E-state index contributed by atoms with van der Waals surface area (Å²) in [6.07, 6.45) is 3.72. The summed E-state index contributed by atoms with van der Waals surface area (Å²) in [5, 5.41) is 2.97. The minimum absolute atomic E-state index is 0.0184. The maximum absolute atomic E-state index is 12.9. The van der Waals surface area contributed by atoms with Crippen molar-refractivity contribution in [1.29, 1.82) is 0 Å². The highest BCUT2D eigenvalue weighted by Gasteiger charge is 2.30. The Labute approximate surface area is 183 Å². The number of nitrogens with two attached hydrogens (primary N) is 1. The first kappa shape index (κ1) is 22.4. The standard InChI is InChI=1S/C24H31N3O2S/c25-13-5-2-6-14-26-23(28)16-22-17-30-18-27(22)24(29)15-19-9-11-21(12-10-19)20-7-3-1-4-8-20/h1,3-4,7-12,22H,2,5-6,13-18,25H2,(H,26,28). The van der Waals surface area contributed by atoms with Gasteiger partial charge in [0.25, 0.3) is 0 Å². The van der Waals surface area contributed by atoms with Crippen LogP contribution in [0.1, 0.15) is 31.2 Å². The van der Waals surface area contributed by atoms with Gasteiger partial charge < -0.3 is 16.0 Å². The lowest BCUT2D eigenvalue weighted by Crippen LogP contribution is -2.41. The molecule has 0 bridgehead atoms. The van der Waals surface area contributed by atoms with Crippen LogP contribution >= 0.6 is 11.8 Å². The SMILES string of the molecule is NCCCCCNC(=O)CC1CSCN1C(=O)Cc1ccc(-c2ccccc2)cc1. The van der Waals surface area contributed by atoms with Crippen molar-refractivity contribution >= 4 is 23.6 Å². The summed E-state index contributed by atoms with van der Waals surface area (Å²) in [6, 6.07) is 18.4. The molecule has 0 aliphatic carbocycles. The van der Waals surface area contributed by atoms with Crippen LogP contribution in [0.5, 0.6) is 0 Å². The second kappa shape index (κ2) is 11.8. The van der Waals surface area contributed by atoms with Crippen LogP contribution in [0.25, 0.3) is 11.1 Å². The Balaban J connectivity index is 1.49. The number of carbonyl (C=O) groups is 2. The molecule has 1 saturated heterocycles. The molecule has 2 aromatic rings. The molecule has 3 N–H and O–H groups in total. The van der Waals surface area contributed by atoms with Crippen molar-refractivity contribution in [3.63, 3.8) is 0 Å². The molecule has 1 heterocycles. The van der Waals surface area contributed by atoms with Crippen molar-refractivity contribution < 1.29 is 9.59 Å². The van der Waals surface area contributed by atoms with Crippen LogP contribution in [0.3, 0.4) is 0 Å². The van der Waals surface area contributed by atoms with Crippen molar-refractivity contribution in [3.05, 3.63) is 60.2 Å². The number of carbonyl (C=O) groups excluding carboxylic acids is 2. The molecule has 1 aliphatic heterocycles. The highest BCUT2D eigenvalue weighted by Crippen LogP contribution is 2.25. The first-order chi connectivity index (χ1) is 14.7. The molecule has 0 aromatic heterocycles. The lowest BCUT2D eigenvalue weighted by atomic mass is 10.0. The van der Waals surface area contributed by atoms with Gasteiger partial charge in [0, 0.05) is 18.7 Å². The van der Waals surface area contributed by atoms with Gasteiger partial charge in [0.05, 0.1) is 18.3 Å². The van der Waals surface area contributed by atoms with Gasteiger partial charge in [0.15, 0.2) is 0 Å². The zero-order valence-corrected chi connectivity index (χ0v) is 18.2. The molecule has 2 amide bonds. The van der Waals surface area contributed by atoms with Crippen LogP contribution in [0, 0.1) is 0 Å². The van der Waals surface area contributed by atoms with E-state index in [2.05, 4.69) is 29.6 Å². The van der Waals surface area contributed by atoms with Crippen LogP contribution in [-0.4, -0.2) is 47.5 Å². The molecular weight excluding hydrogens is 394 g/mol. The molecule has 30 heavy (non-hydrogen) atoms. The molecule has 2 aromatic carbocycles. The Hall–Kier alpha value is -2.31. The van der Waals surface area contributed by atoms with E-state index in [1.807, 2.05) is 35.2 Å². The molecule has 5 nitrogen and oxygen atoms in total. The van der Waals surface area contributed by atoms with Crippen molar-refractivity contribution in [3.8, 4) is 11.1 Å². The average Bonchev–Trinajstić information content (AvgIpc) is 3.23. The lowest BCUT2D eigenvalue weighted by Gasteiger charge is -2.23. The van der Waals surface area contributed by atoms with Gasteiger partial charge in [-0.3, -0.25) is 9.59 Å². The van der Waals surface area contributed by atoms with Gasteiger partial charge in [-0.1, -0.05) is 61.0 Å². The smallest absolute Gasteiger partial charge is 0.227 e. The van der Waals surface area contributed by atoms with Crippen molar-refractivity contribution in [2.24, 2.45) is 5.73 Å². The minimum Gasteiger partial charge on any atom is -0.356 e. The number of hydrogen-bond acceptors (Lipinski definition) is 4. The Bertz CT molecular complexity index is 811. The average molecular weight is 426 g/mol. The largest absolute Gasteiger partial charge is 0.356 e. The number of amides is 2. The molecular formula is C24H31N3O2S. The molecule has 1 unspecified atom stereocenters. The fourth-order valence-corrected chi connectivity index (χ4v) is 4.84. The van der Waals surface area contributed by atoms with E-state index in [-0.39, 0.29) is 17.9 Å². The predicted molar refractivity (Wildman–Crippen MR) is 124 cm³/mol. The molecule has 0 spiro atoms. The Morgan fingerprint density at radius 1 is 1.00 bits per heavy atom. The topological polar surface area (TPSA) is 75.4 Å². The molecule has 1 aliphatic rings. The minimum atomic E-state index is -0.0184. The summed E-state index contributed by atoms with van der Waals surface area (Å²) in [4.78, 5) is 27.0. The van der Waals surface area contributed by atoms with Gasteiger partial charge >= 0.3 is 0 Å². The van der Waals surface area contributed by atoms with E-state index in [1.165, 1.54) is 5.56 Å². The second-order valence-corrected chi connectivity index (χ2v) is 8.66. The third-order valence-corrected chi connectivity index (χ3v) is 6.42. The highest BCUT2D eigenvalue weighted by molar-refractivity contribution is 7.99. The van der Waals surface area contributed by atoms with Crippen LogP contribution in [0.4, 0.5) is 0 Å². The molecule has 0 radical (unpaired) electrons. The zero-order valence-electron chi connectivity index (χ0n) is 17.4. The van der Waals surface area contributed by atoms with Gasteiger partial charge in [-0.05, 0) is 36.1 Å². The molecule has 6 heteroatoms. The van der Waals surface area contributed by atoms with Crippen LogP contribution in [0.15, 0.2) is 54.6 Å². The maximum atomic E-state index is 12.9. The molecule has 160 valence electrons. The normalized spacial score (nSPS) is 15.9. The maximum Gasteiger partial charge on any atom is 0.227 e. The number of hydrogen-bond donors (Lipinski definition) is 2. The number of nitrogens with one attached hydrogen (secondary N) is 1. The fraction of sp³-hybridized carbons (Fsp3) is 0.417. The van der Waals surface area contributed by atoms with Crippen LogP contribution < -0.4 is 11.1 Å². The molecule has 0 saturated carbocycles. The number of rotatable bonds is 10.